The number of anilines is 1. The summed E-state index contributed by atoms with van der Waals surface area (Å²) >= 11 is 0. The molecule has 6 nitrogen and oxygen atoms in total. The summed E-state index contributed by atoms with van der Waals surface area (Å²) in [4.78, 5) is 24.9. The van der Waals surface area contributed by atoms with E-state index in [4.69, 9.17) is 4.74 Å². The first-order valence-corrected chi connectivity index (χ1v) is 11.2. The summed E-state index contributed by atoms with van der Waals surface area (Å²) in [5.74, 6) is -0.411. The highest BCUT2D eigenvalue weighted by atomic mass is 16.5. The van der Waals surface area contributed by atoms with Gasteiger partial charge in [0.25, 0.3) is 0 Å². The van der Waals surface area contributed by atoms with Crippen LogP contribution in [0.3, 0.4) is 0 Å². The first kappa shape index (κ1) is 22.6. The number of aliphatic hydroxyl groups excluding tert-OH is 1. The molecule has 0 bridgehead atoms. The number of hydrogen-bond acceptors (Lipinski definition) is 4. The third-order valence-corrected chi connectivity index (χ3v) is 5.84. The maximum atomic E-state index is 12.6. The number of aryl methyl sites for hydroxylation is 2. The minimum atomic E-state index is -0.411. The molecule has 4 rings (SSSR count). The molecule has 0 aliphatic heterocycles. The van der Waals surface area contributed by atoms with Crippen LogP contribution in [0.1, 0.15) is 51.5 Å². The summed E-state index contributed by atoms with van der Waals surface area (Å²) in [7, 11) is 0. The maximum absolute atomic E-state index is 12.6. The van der Waals surface area contributed by atoms with Crippen LogP contribution in [0, 0.1) is 0 Å². The minimum absolute atomic E-state index is 0.0787. The number of benzene rings is 3. The van der Waals surface area contributed by atoms with Crippen LogP contribution in [0.25, 0.3) is 0 Å². The van der Waals surface area contributed by atoms with E-state index in [1.807, 2.05) is 42.5 Å². The maximum Gasteiger partial charge on any atom is 0.338 e. The van der Waals surface area contributed by atoms with Gasteiger partial charge in [-0.2, -0.15) is 0 Å². The quantitative estimate of drug-likeness (QED) is 0.437. The molecule has 1 aliphatic carbocycles. The van der Waals surface area contributed by atoms with Crippen LogP contribution in [0.2, 0.25) is 0 Å². The van der Waals surface area contributed by atoms with Gasteiger partial charge in [0.2, 0.25) is 0 Å². The second-order valence-corrected chi connectivity index (χ2v) is 8.18. The van der Waals surface area contributed by atoms with Crippen LogP contribution in [-0.2, 0) is 24.2 Å². The van der Waals surface area contributed by atoms with Crippen LogP contribution in [0.5, 0.6) is 0 Å². The van der Waals surface area contributed by atoms with Gasteiger partial charge in [-0.05, 0) is 72.2 Å². The summed E-state index contributed by atoms with van der Waals surface area (Å²) in [5.41, 5.74) is 5.54. The summed E-state index contributed by atoms with van der Waals surface area (Å²) in [6.45, 7) is 0.129. The Labute approximate surface area is 193 Å². The SMILES string of the molecule is O=C(Nc1ccc2c(c1)CCC2)NC(CCO)c1ccc(C(=O)OCc2ccccc2)cc1. The van der Waals surface area contributed by atoms with Gasteiger partial charge in [-0.3, -0.25) is 0 Å². The number of esters is 1. The van der Waals surface area contributed by atoms with Crippen molar-refractivity contribution in [1.29, 1.82) is 0 Å². The molecule has 2 amide bonds. The monoisotopic (exact) mass is 444 g/mol. The summed E-state index contributed by atoms with van der Waals surface area (Å²) in [6, 6.07) is 21.7. The van der Waals surface area contributed by atoms with E-state index in [1.165, 1.54) is 11.1 Å². The third kappa shape index (κ3) is 5.99. The van der Waals surface area contributed by atoms with E-state index in [1.54, 1.807) is 24.3 Å². The molecule has 3 N–H and O–H groups in total. The zero-order valence-corrected chi connectivity index (χ0v) is 18.4. The lowest BCUT2D eigenvalue weighted by molar-refractivity contribution is 0.0472. The van der Waals surface area contributed by atoms with Crippen LogP contribution in [-0.4, -0.2) is 23.7 Å². The largest absolute Gasteiger partial charge is 0.457 e. The Kier molecular flexibility index (Phi) is 7.37. The van der Waals surface area contributed by atoms with Crippen LogP contribution < -0.4 is 10.6 Å². The fourth-order valence-electron chi connectivity index (χ4n) is 4.08. The molecule has 0 radical (unpaired) electrons. The van der Waals surface area contributed by atoms with Crippen molar-refractivity contribution in [2.75, 3.05) is 11.9 Å². The lowest BCUT2D eigenvalue weighted by Crippen LogP contribution is -2.33. The predicted octanol–water partition coefficient (Wildman–Crippen LogP) is 4.78. The second-order valence-electron chi connectivity index (χ2n) is 8.18. The number of carbonyl (C=O) groups excluding carboxylic acids is 2. The van der Waals surface area contributed by atoms with Gasteiger partial charge in [-0.15, -0.1) is 0 Å². The van der Waals surface area contributed by atoms with E-state index in [-0.39, 0.29) is 25.3 Å². The zero-order chi connectivity index (χ0) is 23.0. The van der Waals surface area contributed by atoms with Crippen molar-refractivity contribution in [2.24, 2.45) is 0 Å². The molecule has 33 heavy (non-hydrogen) atoms. The number of hydrogen-bond donors (Lipinski definition) is 3. The van der Waals surface area contributed by atoms with Crippen molar-refractivity contribution < 1.29 is 19.4 Å². The third-order valence-electron chi connectivity index (χ3n) is 5.84. The van der Waals surface area contributed by atoms with E-state index < -0.39 is 5.97 Å². The van der Waals surface area contributed by atoms with Gasteiger partial charge in [0.1, 0.15) is 6.61 Å². The number of ether oxygens (including phenoxy) is 1. The van der Waals surface area contributed by atoms with E-state index in [9.17, 15) is 14.7 Å². The Hall–Kier alpha value is -3.64. The average molecular weight is 445 g/mol. The number of nitrogens with one attached hydrogen (secondary N) is 2. The Morgan fingerprint density at radius 2 is 1.70 bits per heavy atom. The standard InChI is InChI=1S/C27H28N2O4/c30-16-15-25(29-27(32)28-24-14-13-20-7-4-8-23(20)17-24)21-9-11-22(12-10-21)26(31)33-18-19-5-2-1-3-6-19/h1-3,5-6,9-14,17,25,30H,4,7-8,15-16,18H2,(H2,28,29,32). The molecule has 0 heterocycles. The lowest BCUT2D eigenvalue weighted by Gasteiger charge is -2.19. The zero-order valence-electron chi connectivity index (χ0n) is 18.4. The van der Waals surface area contributed by atoms with Crippen LogP contribution in [0.4, 0.5) is 10.5 Å². The highest BCUT2D eigenvalue weighted by Gasteiger charge is 2.17. The molecule has 3 aromatic rings. The van der Waals surface area contributed by atoms with Crippen LogP contribution in [0.15, 0.2) is 72.8 Å². The molecule has 0 spiro atoms. The van der Waals surface area contributed by atoms with Crippen molar-refractivity contribution in [3.63, 3.8) is 0 Å². The highest BCUT2D eigenvalue weighted by Crippen LogP contribution is 2.25. The van der Waals surface area contributed by atoms with Gasteiger partial charge in [-0.1, -0.05) is 48.5 Å². The fourth-order valence-corrected chi connectivity index (χ4v) is 4.08. The lowest BCUT2D eigenvalue weighted by atomic mass is 10.0. The predicted molar refractivity (Wildman–Crippen MR) is 127 cm³/mol. The second kappa shape index (κ2) is 10.8. The molecular formula is C27H28N2O4. The van der Waals surface area contributed by atoms with Crippen LogP contribution >= 0.6 is 0 Å². The number of urea groups is 1. The van der Waals surface area contributed by atoms with Gasteiger partial charge in [0.15, 0.2) is 0 Å². The molecule has 0 saturated heterocycles. The molecule has 1 atom stereocenters. The van der Waals surface area contributed by atoms with Gasteiger partial charge in [-0.25, -0.2) is 9.59 Å². The van der Waals surface area contributed by atoms with Crippen molar-refractivity contribution >= 4 is 17.7 Å². The van der Waals surface area contributed by atoms with E-state index in [0.717, 1.165) is 36.1 Å². The minimum Gasteiger partial charge on any atom is -0.457 e. The summed E-state index contributed by atoms with van der Waals surface area (Å²) in [6.07, 6.45) is 3.64. The molecule has 6 heteroatoms. The van der Waals surface area contributed by atoms with Gasteiger partial charge in [0.05, 0.1) is 11.6 Å². The van der Waals surface area contributed by atoms with Gasteiger partial charge >= 0.3 is 12.0 Å². The number of aliphatic hydroxyl groups is 1. The fraction of sp³-hybridized carbons (Fsp3) is 0.259. The smallest absolute Gasteiger partial charge is 0.338 e. The first-order valence-electron chi connectivity index (χ1n) is 11.2. The van der Waals surface area contributed by atoms with Crippen molar-refractivity contribution in [2.45, 2.75) is 38.3 Å². The molecule has 0 aromatic heterocycles. The average Bonchev–Trinajstić information content (AvgIpc) is 3.31. The normalized spacial score (nSPS) is 13.1. The molecule has 0 fully saturated rings. The molecule has 3 aromatic carbocycles. The van der Waals surface area contributed by atoms with Crippen molar-refractivity contribution in [3.05, 3.63) is 101 Å². The summed E-state index contributed by atoms with van der Waals surface area (Å²) in [5, 5.41) is 15.3. The molecule has 1 unspecified atom stereocenters. The number of fused-ring (bicyclic) bond motifs is 1. The summed E-state index contributed by atoms with van der Waals surface area (Å²) < 4.78 is 5.37. The Balaban J connectivity index is 1.35. The van der Waals surface area contributed by atoms with E-state index >= 15 is 0 Å². The van der Waals surface area contributed by atoms with Gasteiger partial charge < -0.3 is 20.5 Å². The molecule has 1 aliphatic rings. The Morgan fingerprint density at radius 3 is 2.45 bits per heavy atom. The topological polar surface area (TPSA) is 87.7 Å². The molecular weight excluding hydrogens is 416 g/mol. The van der Waals surface area contributed by atoms with Crippen molar-refractivity contribution in [1.82, 2.24) is 5.32 Å². The highest BCUT2D eigenvalue weighted by molar-refractivity contribution is 5.90. The number of carbonyl (C=O) groups is 2. The van der Waals surface area contributed by atoms with Gasteiger partial charge in [0, 0.05) is 12.3 Å². The van der Waals surface area contributed by atoms with Crippen molar-refractivity contribution in [3.8, 4) is 0 Å². The first-order chi connectivity index (χ1) is 16.1. The number of amides is 2. The Morgan fingerprint density at radius 1 is 0.939 bits per heavy atom. The molecule has 0 saturated carbocycles. The number of rotatable bonds is 8. The Bertz CT molecular complexity index is 1100. The van der Waals surface area contributed by atoms with E-state index in [0.29, 0.717) is 12.0 Å². The van der Waals surface area contributed by atoms with E-state index in [2.05, 4.69) is 16.7 Å². The molecule has 170 valence electrons.